The van der Waals surface area contributed by atoms with Crippen LogP contribution in [0.1, 0.15) is 12.8 Å². The van der Waals surface area contributed by atoms with Crippen molar-refractivity contribution in [3.63, 3.8) is 0 Å². The Morgan fingerprint density at radius 3 is 1.82 bits per heavy atom. The summed E-state index contributed by atoms with van der Waals surface area (Å²) in [5.41, 5.74) is 0. The fraction of sp³-hybridized carbons (Fsp3) is 1.00. The molecule has 0 amide bonds. The minimum Gasteiger partial charge on any atom is -0.171 e. The van der Waals surface area contributed by atoms with Crippen LogP contribution in [0.5, 0.6) is 0 Å². The molecule has 0 aromatic rings. The molecule has 0 unspecified atom stereocenters. The van der Waals surface area contributed by atoms with Gasteiger partial charge in [-0.15, -0.1) is 0 Å². The Hall–Kier alpha value is 0.00688. The predicted octanol–water partition coefficient (Wildman–Crippen LogP) is 3.67. The second-order valence-corrected chi connectivity index (χ2v) is 9.65. The highest BCUT2D eigenvalue weighted by Gasteiger charge is 2.27. The van der Waals surface area contributed by atoms with Crippen molar-refractivity contribution in [3.05, 3.63) is 0 Å². The average molecular weight is 184 g/mol. The normalized spacial score (nSPS) is 13.6. The molecular formula is C7H15F3Si. The van der Waals surface area contributed by atoms with E-state index in [1.54, 1.807) is 0 Å². The Labute approximate surface area is 66.8 Å². The summed E-state index contributed by atoms with van der Waals surface area (Å²) < 4.78 is 34.9. The minimum atomic E-state index is -3.96. The summed E-state index contributed by atoms with van der Waals surface area (Å²) in [5.74, 6) is 0. The number of hydrogen-bond acceptors (Lipinski definition) is 0. The van der Waals surface area contributed by atoms with Gasteiger partial charge in [-0.3, -0.25) is 0 Å². The molecule has 0 fully saturated rings. The Kier molecular flexibility index (Phi) is 3.61. The molecule has 0 spiro atoms. The summed E-state index contributed by atoms with van der Waals surface area (Å²) in [6.45, 7) is 6.26. The van der Waals surface area contributed by atoms with Gasteiger partial charge in [0.1, 0.15) is 0 Å². The predicted molar refractivity (Wildman–Crippen MR) is 43.4 cm³/mol. The van der Waals surface area contributed by atoms with Crippen LogP contribution in [0.3, 0.4) is 0 Å². The third kappa shape index (κ3) is 10.0. The Morgan fingerprint density at radius 2 is 1.55 bits per heavy atom. The molecule has 0 aliphatic carbocycles. The minimum absolute atomic E-state index is 0.305. The molecular weight excluding hydrogens is 169 g/mol. The molecule has 0 radical (unpaired) electrons. The number of halogens is 3. The Balaban J connectivity index is 3.44. The summed E-state index contributed by atoms with van der Waals surface area (Å²) in [5, 5.41) is 0. The van der Waals surface area contributed by atoms with Gasteiger partial charge < -0.3 is 0 Å². The monoisotopic (exact) mass is 184 g/mol. The fourth-order valence-corrected chi connectivity index (χ4v) is 2.06. The third-order valence-electron chi connectivity index (χ3n) is 1.39. The van der Waals surface area contributed by atoms with Crippen LogP contribution in [-0.4, -0.2) is 14.3 Å². The molecule has 0 saturated heterocycles. The van der Waals surface area contributed by atoms with E-state index in [2.05, 4.69) is 19.6 Å². The molecule has 0 aromatic heterocycles. The van der Waals surface area contributed by atoms with Crippen molar-refractivity contribution in [2.24, 2.45) is 0 Å². The lowest BCUT2D eigenvalue weighted by atomic mass is 10.3. The summed E-state index contributed by atoms with van der Waals surface area (Å²) in [6, 6.07) is 0.770. The zero-order valence-corrected chi connectivity index (χ0v) is 8.26. The Bertz CT molecular complexity index is 97.8. The van der Waals surface area contributed by atoms with Gasteiger partial charge in [-0.1, -0.05) is 25.7 Å². The molecule has 0 rings (SSSR count). The zero-order valence-electron chi connectivity index (χ0n) is 7.26. The van der Waals surface area contributed by atoms with Gasteiger partial charge in [-0.2, -0.15) is 13.2 Å². The van der Waals surface area contributed by atoms with Crippen molar-refractivity contribution in [1.29, 1.82) is 0 Å². The van der Waals surface area contributed by atoms with E-state index in [-0.39, 0.29) is 0 Å². The van der Waals surface area contributed by atoms with Crippen LogP contribution in [0.25, 0.3) is 0 Å². The summed E-state index contributed by atoms with van der Waals surface area (Å²) in [4.78, 5) is 0. The molecule has 0 aliphatic heterocycles. The molecule has 11 heavy (non-hydrogen) atoms. The highest BCUT2D eigenvalue weighted by Crippen LogP contribution is 2.24. The molecule has 0 N–H and O–H groups in total. The lowest BCUT2D eigenvalue weighted by molar-refractivity contribution is -0.134. The van der Waals surface area contributed by atoms with E-state index in [1.807, 2.05) is 0 Å². The maximum atomic E-state index is 11.6. The van der Waals surface area contributed by atoms with Gasteiger partial charge in [0.2, 0.25) is 0 Å². The van der Waals surface area contributed by atoms with Crippen LogP contribution < -0.4 is 0 Å². The van der Waals surface area contributed by atoms with E-state index in [0.29, 0.717) is 6.42 Å². The van der Waals surface area contributed by atoms with E-state index in [1.165, 1.54) is 0 Å². The van der Waals surface area contributed by atoms with E-state index in [4.69, 9.17) is 0 Å². The topological polar surface area (TPSA) is 0 Å². The molecule has 0 saturated carbocycles. The van der Waals surface area contributed by atoms with Gasteiger partial charge in [-0.25, -0.2) is 0 Å². The van der Waals surface area contributed by atoms with E-state index < -0.39 is 20.7 Å². The summed E-state index contributed by atoms with van der Waals surface area (Å²) >= 11 is 0. The van der Waals surface area contributed by atoms with Crippen LogP contribution in [0, 0.1) is 0 Å². The second-order valence-electron chi connectivity index (χ2n) is 4.03. The van der Waals surface area contributed by atoms with Crippen molar-refractivity contribution in [1.82, 2.24) is 0 Å². The lowest BCUT2D eigenvalue weighted by Gasteiger charge is -2.15. The van der Waals surface area contributed by atoms with Gasteiger partial charge in [0.15, 0.2) is 0 Å². The van der Waals surface area contributed by atoms with Gasteiger partial charge >= 0.3 is 6.18 Å². The van der Waals surface area contributed by atoms with E-state index in [9.17, 15) is 13.2 Å². The molecule has 0 aliphatic rings. The molecule has 4 heteroatoms. The van der Waals surface area contributed by atoms with Crippen LogP contribution in [0.15, 0.2) is 0 Å². The van der Waals surface area contributed by atoms with Gasteiger partial charge in [0, 0.05) is 14.5 Å². The molecule has 0 atom stereocenters. The van der Waals surface area contributed by atoms with Crippen molar-refractivity contribution >= 4 is 8.07 Å². The van der Waals surface area contributed by atoms with Crippen LogP contribution in [-0.2, 0) is 0 Å². The van der Waals surface area contributed by atoms with E-state index >= 15 is 0 Å². The molecule has 0 aromatic carbocycles. The first-order chi connectivity index (χ1) is 4.71. The van der Waals surface area contributed by atoms with Gasteiger partial charge in [-0.05, 0) is 6.42 Å². The highest BCUT2D eigenvalue weighted by atomic mass is 28.3. The van der Waals surface area contributed by atoms with Crippen LogP contribution in [0.4, 0.5) is 13.2 Å². The molecule has 0 nitrogen and oxygen atoms in total. The number of alkyl halides is 3. The van der Waals surface area contributed by atoms with Crippen molar-refractivity contribution in [3.8, 4) is 0 Å². The van der Waals surface area contributed by atoms with Crippen molar-refractivity contribution in [2.75, 3.05) is 0 Å². The molecule has 68 valence electrons. The fourth-order valence-electron chi connectivity index (χ4n) is 0.819. The zero-order chi connectivity index (χ0) is 9.12. The third-order valence-corrected chi connectivity index (χ3v) is 3.24. The smallest absolute Gasteiger partial charge is 0.171 e. The van der Waals surface area contributed by atoms with Crippen LogP contribution >= 0.6 is 0 Å². The van der Waals surface area contributed by atoms with Gasteiger partial charge in [0.05, 0.1) is 0 Å². The average Bonchev–Trinajstić information content (AvgIpc) is 1.55. The largest absolute Gasteiger partial charge is 0.389 e. The quantitative estimate of drug-likeness (QED) is 0.587. The van der Waals surface area contributed by atoms with Crippen molar-refractivity contribution < 1.29 is 13.2 Å². The molecule has 0 heterocycles. The summed E-state index contributed by atoms with van der Waals surface area (Å²) in [6.07, 6.45) is -4.27. The first kappa shape index (κ1) is 11.0. The Morgan fingerprint density at radius 1 is 1.09 bits per heavy atom. The summed E-state index contributed by atoms with van der Waals surface area (Å²) in [7, 11) is -1.26. The van der Waals surface area contributed by atoms with Crippen LogP contribution in [0.2, 0.25) is 25.7 Å². The van der Waals surface area contributed by atoms with Gasteiger partial charge in [0.25, 0.3) is 0 Å². The van der Waals surface area contributed by atoms with E-state index in [0.717, 1.165) is 6.04 Å². The second kappa shape index (κ2) is 3.60. The number of rotatable bonds is 3. The highest BCUT2D eigenvalue weighted by molar-refractivity contribution is 6.76. The number of hydrogen-bond donors (Lipinski definition) is 0. The first-order valence-corrected chi connectivity index (χ1v) is 7.48. The first-order valence-electron chi connectivity index (χ1n) is 3.77. The SMILES string of the molecule is C[Si](C)(C)CCCC(F)(F)F. The maximum Gasteiger partial charge on any atom is 0.389 e. The van der Waals surface area contributed by atoms with Crippen molar-refractivity contribution in [2.45, 2.75) is 44.7 Å². The molecule has 0 bridgehead atoms. The standard InChI is InChI=1S/C7H15F3Si/c1-11(2,3)6-4-5-7(8,9)10/h4-6H2,1-3H3. The maximum absolute atomic E-state index is 11.6. The lowest BCUT2D eigenvalue weighted by Crippen LogP contribution is -2.20.